The maximum Gasteiger partial charge on any atom is 0.247 e. The summed E-state index contributed by atoms with van der Waals surface area (Å²) in [5.74, 6) is 0.569. The molecule has 0 aliphatic rings. The molecule has 0 saturated heterocycles. The minimum Gasteiger partial charge on any atom is -0.421 e. The molecule has 138 valence electrons. The molecule has 2 amide bonds. The first-order chi connectivity index (χ1) is 13.0. The maximum absolute atomic E-state index is 12.1. The van der Waals surface area contributed by atoms with Crippen LogP contribution in [0.4, 0.5) is 11.4 Å². The first-order valence-electron chi connectivity index (χ1n) is 8.56. The molecule has 0 bridgehead atoms. The van der Waals surface area contributed by atoms with Gasteiger partial charge in [-0.15, -0.1) is 10.2 Å². The molecule has 0 spiro atoms. The van der Waals surface area contributed by atoms with E-state index in [-0.39, 0.29) is 18.2 Å². The van der Waals surface area contributed by atoms with Crippen molar-refractivity contribution in [3.05, 3.63) is 60.0 Å². The number of amides is 2. The van der Waals surface area contributed by atoms with Crippen molar-refractivity contribution in [1.82, 2.24) is 10.2 Å². The Morgan fingerprint density at radius 1 is 1.00 bits per heavy atom. The number of nitrogens with zero attached hydrogens (tertiary/aromatic N) is 2. The molecule has 2 N–H and O–H groups in total. The minimum absolute atomic E-state index is 0.142. The highest BCUT2D eigenvalue weighted by molar-refractivity contribution is 5.92. The fourth-order valence-corrected chi connectivity index (χ4v) is 2.53. The summed E-state index contributed by atoms with van der Waals surface area (Å²) in [6.45, 7) is 3.44. The molecule has 7 heteroatoms. The number of carbonyl (C=O) groups excluding carboxylic acids is 2. The number of aryl methyl sites for hydroxylation is 2. The summed E-state index contributed by atoms with van der Waals surface area (Å²) in [7, 11) is 0. The van der Waals surface area contributed by atoms with Gasteiger partial charge in [-0.25, -0.2) is 0 Å². The molecule has 0 unspecified atom stereocenters. The average molecular weight is 364 g/mol. The number of benzene rings is 2. The molecular formula is C20H20N4O3. The van der Waals surface area contributed by atoms with Gasteiger partial charge < -0.3 is 15.1 Å². The van der Waals surface area contributed by atoms with Gasteiger partial charge in [0, 0.05) is 36.7 Å². The Bertz CT molecular complexity index is 948. The zero-order valence-electron chi connectivity index (χ0n) is 15.2. The molecule has 27 heavy (non-hydrogen) atoms. The number of hydrogen-bond donors (Lipinski definition) is 2. The molecule has 0 saturated carbocycles. The Balaban J connectivity index is 1.53. The van der Waals surface area contributed by atoms with Crippen LogP contribution < -0.4 is 10.6 Å². The van der Waals surface area contributed by atoms with E-state index in [0.29, 0.717) is 29.6 Å². The number of hydrogen-bond acceptors (Lipinski definition) is 5. The summed E-state index contributed by atoms with van der Waals surface area (Å²) in [5, 5.41) is 13.5. The lowest BCUT2D eigenvalue weighted by atomic mass is 10.1. The first kappa shape index (κ1) is 18.3. The highest BCUT2D eigenvalue weighted by atomic mass is 16.4. The topological polar surface area (TPSA) is 97.1 Å². The lowest BCUT2D eigenvalue weighted by Gasteiger charge is -2.06. The summed E-state index contributed by atoms with van der Waals surface area (Å²) in [6.07, 6.45) is 0.581. The van der Waals surface area contributed by atoms with Crippen molar-refractivity contribution in [1.29, 1.82) is 0 Å². The zero-order valence-corrected chi connectivity index (χ0v) is 15.2. The van der Waals surface area contributed by atoms with Crippen LogP contribution >= 0.6 is 0 Å². The Hall–Kier alpha value is -3.48. The number of aromatic nitrogens is 2. The van der Waals surface area contributed by atoms with Crippen molar-refractivity contribution in [3.63, 3.8) is 0 Å². The second-order valence-electron chi connectivity index (χ2n) is 6.18. The van der Waals surface area contributed by atoms with Crippen molar-refractivity contribution in [2.75, 3.05) is 10.6 Å². The molecule has 0 aliphatic carbocycles. The summed E-state index contributed by atoms with van der Waals surface area (Å²) in [4.78, 5) is 23.1. The van der Waals surface area contributed by atoms with Crippen LogP contribution in [-0.2, 0) is 16.0 Å². The molecule has 2 aromatic carbocycles. The average Bonchev–Trinajstić information content (AvgIpc) is 3.10. The monoisotopic (exact) mass is 364 g/mol. The van der Waals surface area contributed by atoms with Gasteiger partial charge >= 0.3 is 0 Å². The summed E-state index contributed by atoms with van der Waals surface area (Å²) >= 11 is 0. The van der Waals surface area contributed by atoms with Gasteiger partial charge in [-0.3, -0.25) is 9.59 Å². The molecule has 3 aromatic rings. The van der Waals surface area contributed by atoms with Crippen LogP contribution in [0.1, 0.15) is 24.8 Å². The van der Waals surface area contributed by atoms with Gasteiger partial charge in [0.1, 0.15) is 0 Å². The largest absolute Gasteiger partial charge is 0.421 e. The Labute approximate surface area is 156 Å². The van der Waals surface area contributed by atoms with E-state index in [1.54, 1.807) is 24.3 Å². The molecular weight excluding hydrogens is 344 g/mol. The van der Waals surface area contributed by atoms with Gasteiger partial charge in [-0.2, -0.15) is 0 Å². The Morgan fingerprint density at radius 3 is 2.37 bits per heavy atom. The van der Waals surface area contributed by atoms with E-state index < -0.39 is 0 Å². The van der Waals surface area contributed by atoms with E-state index in [0.717, 1.165) is 11.1 Å². The Morgan fingerprint density at radius 2 is 1.70 bits per heavy atom. The van der Waals surface area contributed by atoms with Crippen molar-refractivity contribution < 1.29 is 14.0 Å². The molecule has 1 aromatic heterocycles. The van der Waals surface area contributed by atoms with Crippen LogP contribution in [0, 0.1) is 6.92 Å². The standard InChI is InChI=1S/C20H20N4O3/c1-13-4-3-5-15(12-13)20-24-23-19(27-20)11-10-18(26)22-17-8-6-16(7-9-17)21-14(2)25/h3-9,12H,10-11H2,1-2H3,(H,21,25)(H,22,26). The van der Waals surface area contributed by atoms with Gasteiger partial charge in [0.15, 0.2) is 0 Å². The van der Waals surface area contributed by atoms with Crippen molar-refractivity contribution in [3.8, 4) is 11.5 Å². The molecule has 1 heterocycles. The fraction of sp³-hybridized carbons (Fsp3) is 0.200. The quantitative estimate of drug-likeness (QED) is 0.697. The second kappa shape index (κ2) is 8.27. The van der Waals surface area contributed by atoms with Crippen LogP contribution in [-0.4, -0.2) is 22.0 Å². The van der Waals surface area contributed by atoms with E-state index >= 15 is 0 Å². The van der Waals surface area contributed by atoms with E-state index in [4.69, 9.17) is 4.42 Å². The van der Waals surface area contributed by atoms with E-state index in [2.05, 4.69) is 20.8 Å². The third kappa shape index (κ3) is 5.24. The first-order valence-corrected chi connectivity index (χ1v) is 8.56. The van der Waals surface area contributed by atoms with Gasteiger partial charge in [0.25, 0.3) is 0 Å². The van der Waals surface area contributed by atoms with Gasteiger partial charge in [-0.1, -0.05) is 17.7 Å². The fourth-order valence-electron chi connectivity index (χ4n) is 2.53. The third-order valence-corrected chi connectivity index (χ3v) is 3.79. The third-order valence-electron chi connectivity index (χ3n) is 3.79. The van der Waals surface area contributed by atoms with Crippen LogP contribution in [0.15, 0.2) is 52.9 Å². The van der Waals surface area contributed by atoms with Crippen LogP contribution in [0.3, 0.4) is 0 Å². The predicted molar refractivity (Wildman–Crippen MR) is 102 cm³/mol. The van der Waals surface area contributed by atoms with Crippen LogP contribution in [0.5, 0.6) is 0 Å². The molecule has 3 rings (SSSR count). The normalized spacial score (nSPS) is 10.4. The van der Waals surface area contributed by atoms with Crippen molar-refractivity contribution in [2.45, 2.75) is 26.7 Å². The summed E-state index contributed by atoms with van der Waals surface area (Å²) < 4.78 is 5.64. The second-order valence-corrected chi connectivity index (χ2v) is 6.18. The van der Waals surface area contributed by atoms with Crippen LogP contribution in [0.25, 0.3) is 11.5 Å². The smallest absolute Gasteiger partial charge is 0.247 e. The van der Waals surface area contributed by atoms with Gasteiger partial charge in [0.2, 0.25) is 23.6 Å². The van der Waals surface area contributed by atoms with Crippen molar-refractivity contribution >= 4 is 23.2 Å². The molecule has 0 atom stereocenters. The lowest BCUT2D eigenvalue weighted by Crippen LogP contribution is -2.12. The van der Waals surface area contributed by atoms with Crippen LogP contribution in [0.2, 0.25) is 0 Å². The number of nitrogens with one attached hydrogen (secondary N) is 2. The zero-order chi connectivity index (χ0) is 19.2. The minimum atomic E-state index is -0.155. The maximum atomic E-state index is 12.1. The SMILES string of the molecule is CC(=O)Nc1ccc(NC(=O)CCc2nnc(-c3cccc(C)c3)o2)cc1. The highest BCUT2D eigenvalue weighted by Gasteiger charge is 2.11. The highest BCUT2D eigenvalue weighted by Crippen LogP contribution is 2.19. The molecule has 0 fully saturated rings. The van der Waals surface area contributed by atoms with E-state index in [1.165, 1.54) is 6.92 Å². The van der Waals surface area contributed by atoms with Crippen molar-refractivity contribution in [2.24, 2.45) is 0 Å². The summed E-state index contributed by atoms with van der Waals surface area (Å²) in [6, 6.07) is 14.7. The summed E-state index contributed by atoms with van der Waals surface area (Å²) in [5.41, 5.74) is 3.30. The predicted octanol–water partition coefficient (Wildman–Crippen LogP) is 3.57. The number of rotatable bonds is 6. The molecule has 0 radical (unpaired) electrons. The Kier molecular flexibility index (Phi) is 5.61. The lowest BCUT2D eigenvalue weighted by molar-refractivity contribution is -0.116. The van der Waals surface area contributed by atoms with E-state index in [1.807, 2.05) is 31.2 Å². The van der Waals surface area contributed by atoms with Gasteiger partial charge in [0.05, 0.1) is 0 Å². The molecule has 0 aliphatic heterocycles. The number of anilines is 2. The molecule has 7 nitrogen and oxygen atoms in total. The van der Waals surface area contributed by atoms with E-state index in [9.17, 15) is 9.59 Å². The van der Waals surface area contributed by atoms with Gasteiger partial charge in [-0.05, 0) is 43.3 Å². The number of carbonyl (C=O) groups is 2.